The molecule has 0 aliphatic carbocycles. The topological polar surface area (TPSA) is 12.5 Å². The van der Waals surface area contributed by atoms with Gasteiger partial charge in [-0.15, -0.1) is 0 Å². The standard InChI is InChI=1S/C12H16BrNO/c13-5-7-15-8-6-14-9-11-3-1-2-4-12(11)10-14/h1-4H,5-10H2. The van der Waals surface area contributed by atoms with Crippen LogP contribution in [0.2, 0.25) is 0 Å². The fraction of sp³-hybridized carbons (Fsp3) is 0.500. The van der Waals surface area contributed by atoms with Gasteiger partial charge in [0.25, 0.3) is 0 Å². The van der Waals surface area contributed by atoms with Crippen LogP contribution in [0.25, 0.3) is 0 Å². The maximum absolute atomic E-state index is 5.46. The zero-order valence-electron chi connectivity index (χ0n) is 8.79. The maximum Gasteiger partial charge on any atom is 0.0594 e. The van der Waals surface area contributed by atoms with Crippen molar-refractivity contribution < 1.29 is 4.74 Å². The number of ether oxygens (including phenoxy) is 1. The minimum atomic E-state index is 0.806. The lowest BCUT2D eigenvalue weighted by Gasteiger charge is -2.14. The van der Waals surface area contributed by atoms with Crippen molar-refractivity contribution in [1.29, 1.82) is 0 Å². The molecule has 0 atom stereocenters. The number of rotatable bonds is 5. The third kappa shape index (κ3) is 3.03. The van der Waals surface area contributed by atoms with Gasteiger partial charge in [-0.05, 0) is 11.1 Å². The Morgan fingerprint density at radius 3 is 2.40 bits per heavy atom. The van der Waals surface area contributed by atoms with Crippen LogP contribution < -0.4 is 0 Å². The molecule has 0 unspecified atom stereocenters. The van der Waals surface area contributed by atoms with Crippen molar-refractivity contribution >= 4 is 15.9 Å². The first kappa shape index (κ1) is 11.1. The van der Waals surface area contributed by atoms with Gasteiger partial charge >= 0.3 is 0 Å². The summed E-state index contributed by atoms with van der Waals surface area (Å²) < 4.78 is 5.46. The summed E-state index contributed by atoms with van der Waals surface area (Å²) in [6, 6.07) is 8.66. The highest BCUT2D eigenvalue weighted by Gasteiger charge is 2.17. The second-order valence-corrected chi connectivity index (χ2v) is 4.57. The zero-order chi connectivity index (χ0) is 10.5. The molecule has 0 saturated heterocycles. The van der Waals surface area contributed by atoms with Crippen molar-refractivity contribution in [3.8, 4) is 0 Å². The molecule has 0 fully saturated rings. The minimum Gasteiger partial charge on any atom is -0.379 e. The Hall–Kier alpha value is -0.380. The number of halogens is 1. The lowest BCUT2D eigenvalue weighted by molar-refractivity contribution is 0.115. The zero-order valence-corrected chi connectivity index (χ0v) is 10.4. The molecule has 0 N–H and O–H groups in total. The van der Waals surface area contributed by atoms with Gasteiger partial charge in [0.15, 0.2) is 0 Å². The van der Waals surface area contributed by atoms with Crippen LogP contribution in [-0.4, -0.2) is 30.0 Å². The van der Waals surface area contributed by atoms with Gasteiger partial charge in [0, 0.05) is 25.0 Å². The smallest absolute Gasteiger partial charge is 0.0594 e. The summed E-state index contributed by atoms with van der Waals surface area (Å²) in [5.41, 5.74) is 2.94. The summed E-state index contributed by atoms with van der Waals surface area (Å²) in [6.07, 6.45) is 0. The highest BCUT2D eigenvalue weighted by atomic mass is 79.9. The Morgan fingerprint density at radius 1 is 1.13 bits per heavy atom. The molecule has 0 spiro atoms. The normalized spacial score (nSPS) is 15.5. The summed E-state index contributed by atoms with van der Waals surface area (Å²) in [5.74, 6) is 0. The quantitative estimate of drug-likeness (QED) is 0.602. The first-order valence-electron chi connectivity index (χ1n) is 5.33. The van der Waals surface area contributed by atoms with Gasteiger partial charge < -0.3 is 4.74 Å². The van der Waals surface area contributed by atoms with E-state index in [9.17, 15) is 0 Å². The molecule has 2 rings (SSSR count). The molecule has 1 aliphatic heterocycles. The monoisotopic (exact) mass is 269 g/mol. The van der Waals surface area contributed by atoms with E-state index in [4.69, 9.17) is 4.74 Å². The number of hydrogen-bond donors (Lipinski definition) is 0. The van der Waals surface area contributed by atoms with Gasteiger partial charge in [-0.25, -0.2) is 0 Å². The van der Waals surface area contributed by atoms with Crippen molar-refractivity contribution in [1.82, 2.24) is 4.90 Å². The minimum absolute atomic E-state index is 0.806. The van der Waals surface area contributed by atoms with Crippen molar-refractivity contribution in [3.63, 3.8) is 0 Å². The van der Waals surface area contributed by atoms with E-state index in [0.717, 1.165) is 38.2 Å². The van der Waals surface area contributed by atoms with Crippen LogP contribution in [0.15, 0.2) is 24.3 Å². The number of alkyl halides is 1. The average molecular weight is 270 g/mol. The summed E-state index contributed by atoms with van der Waals surface area (Å²) >= 11 is 3.35. The molecule has 15 heavy (non-hydrogen) atoms. The first-order chi connectivity index (χ1) is 7.40. The first-order valence-corrected chi connectivity index (χ1v) is 6.45. The lowest BCUT2D eigenvalue weighted by atomic mass is 10.1. The molecule has 2 nitrogen and oxygen atoms in total. The van der Waals surface area contributed by atoms with E-state index in [1.807, 2.05) is 0 Å². The van der Waals surface area contributed by atoms with Gasteiger partial charge in [0.05, 0.1) is 13.2 Å². The highest BCUT2D eigenvalue weighted by Crippen LogP contribution is 2.21. The van der Waals surface area contributed by atoms with E-state index in [1.165, 1.54) is 11.1 Å². The Kier molecular flexibility index (Phi) is 4.18. The third-order valence-electron chi connectivity index (χ3n) is 2.68. The fourth-order valence-corrected chi connectivity index (χ4v) is 2.14. The Balaban J connectivity index is 1.76. The summed E-state index contributed by atoms with van der Waals surface area (Å²) in [5, 5.41) is 0.924. The molecule has 82 valence electrons. The third-order valence-corrected chi connectivity index (χ3v) is 3.00. The van der Waals surface area contributed by atoms with E-state index in [0.29, 0.717) is 0 Å². The molecule has 0 saturated carbocycles. The summed E-state index contributed by atoms with van der Waals surface area (Å²) in [7, 11) is 0. The van der Waals surface area contributed by atoms with Crippen molar-refractivity contribution in [2.45, 2.75) is 13.1 Å². The molecule has 0 radical (unpaired) electrons. The maximum atomic E-state index is 5.46. The van der Waals surface area contributed by atoms with E-state index >= 15 is 0 Å². The van der Waals surface area contributed by atoms with E-state index in [2.05, 4.69) is 45.1 Å². The largest absolute Gasteiger partial charge is 0.379 e. The predicted molar refractivity (Wildman–Crippen MR) is 65.2 cm³/mol. The molecule has 1 aromatic carbocycles. The fourth-order valence-electron chi connectivity index (χ4n) is 1.91. The second kappa shape index (κ2) is 5.64. The number of benzene rings is 1. The molecule has 1 aromatic rings. The van der Waals surface area contributed by atoms with Gasteiger partial charge in [-0.2, -0.15) is 0 Å². The van der Waals surface area contributed by atoms with Crippen LogP contribution in [-0.2, 0) is 17.8 Å². The number of hydrogen-bond acceptors (Lipinski definition) is 2. The Morgan fingerprint density at radius 2 is 1.80 bits per heavy atom. The van der Waals surface area contributed by atoms with Gasteiger partial charge in [0.2, 0.25) is 0 Å². The molecule has 1 heterocycles. The van der Waals surface area contributed by atoms with Crippen LogP contribution in [0.3, 0.4) is 0 Å². The van der Waals surface area contributed by atoms with Crippen LogP contribution in [0, 0.1) is 0 Å². The van der Waals surface area contributed by atoms with Crippen LogP contribution in [0.5, 0.6) is 0 Å². The molecule has 1 aliphatic rings. The van der Waals surface area contributed by atoms with Crippen LogP contribution in [0.1, 0.15) is 11.1 Å². The van der Waals surface area contributed by atoms with Gasteiger partial charge in [0.1, 0.15) is 0 Å². The Bertz CT molecular complexity index is 291. The SMILES string of the molecule is BrCCOCCN1Cc2ccccc2C1. The molecule has 0 bridgehead atoms. The van der Waals surface area contributed by atoms with E-state index in [1.54, 1.807) is 0 Å². The lowest BCUT2D eigenvalue weighted by Crippen LogP contribution is -2.22. The molecular weight excluding hydrogens is 254 g/mol. The predicted octanol–water partition coefficient (Wildman–Crippen LogP) is 2.41. The molecule has 0 aromatic heterocycles. The summed E-state index contributed by atoms with van der Waals surface area (Å²) in [4.78, 5) is 2.43. The van der Waals surface area contributed by atoms with E-state index < -0.39 is 0 Å². The van der Waals surface area contributed by atoms with Crippen molar-refractivity contribution in [2.24, 2.45) is 0 Å². The molecular formula is C12H16BrNO. The highest BCUT2D eigenvalue weighted by molar-refractivity contribution is 9.09. The molecule has 3 heteroatoms. The number of fused-ring (bicyclic) bond motifs is 1. The van der Waals surface area contributed by atoms with Crippen molar-refractivity contribution in [3.05, 3.63) is 35.4 Å². The summed E-state index contributed by atoms with van der Waals surface area (Å²) in [6.45, 7) is 4.82. The molecule has 0 amide bonds. The average Bonchev–Trinajstić information content (AvgIpc) is 2.67. The van der Waals surface area contributed by atoms with Crippen molar-refractivity contribution in [2.75, 3.05) is 25.1 Å². The van der Waals surface area contributed by atoms with Crippen LogP contribution >= 0.6 is 15.9 Å². The number of nitrogens with zero attached hydrogens (tertiary/aromatic N) is 1. The van der Waals surface area contributed by atoms with Crippen LogP contribution in [0.4, 0.5) is 0 Å². The van der Waals surface area contributed by atoms with E-state index in [-0.39, 0.29) is 0 Å². The second-order valence-electron chi connectivity index (χ2n) is 3.78. The Labute approximate surface area is 99.4 Å². The van der Waals surface area contributed by atoms with Gasteiger partial charge in [-0.3, -0.25) is 4.90 Å². The van der Waals surface area contributed by atoms with Gasteiger partial charge in [-0.1, -0.05) is 40.2 Å².